The number of nitrogens with one attached hydrogen (secondary N) is 1. The number of rotatable bonds is 4. The normalized spacial score (nSPS) is 27.7. The summed E-state index contributed by atoms with van der Waals surface area (Å²) in [5.41, 5.74) is 3.44. The highest BCUT2D eigenvalue weighted by Gasteiger charge is 2.33. The Morgan fingerprint density at radius 1 is 1.17 bits per heavy atom. The molecule has 0 bridgehead atoms. The molecule has 24 heavy (non-hydrogen) atoms. The fourth-order valence-electron chi connectivity index (χ4n) is 4.31. The van der Waals surface area contributed by atoms with Crippen molar-refractivity contribution in [3.8, 4) is 0 Å². The number of carbonyl (C=O) groups is 1. The molecular formula is C20H29N3O. The molecule has 1 aliphatic carbocycles. The standard InChI is InChI=1S/C20H29N3O/c1-14-12-17(7-8-19(14)21-20(24)16-5-6-16)22-11-9-18(13-22)23-10-3-4-15(23)2/h7-8,12,15-16,18H,3-6,9-11,13H2,1-2H3,(H,21,24). The van der Waals surface area contributed by atoms with E-state index in [1.165, 1.54) is 37.1 Å². The summed E-state index contributed by atoms with van der Waals surface area (Å²) in [6, 6.07) is 7.94. The Morgan fingerprint density at radius 2 is 2.00 bits per heavy atom. The summed E-state index contributed by atoms with van der Waals surface area (Å²) < 4.78 is 0. The summed E-state index contributed by atoms with van der Waals surface area (Å²) in [6.45, 7) is 8.02. The zero-order chi connectivity index (χ0) is 16.7. The molecule has 3 aliphatic rings. The zero-order valence-electron chi connectivity index (χ0n) is 14.9. The lowest BCUT2D eigenvalue weighted by atomic mass is 10.1. The van der Waals surface area contributed by atoms with Gasteiger partial charge in [0, 0.05) is 42.5 Å². The van der Waals surface area contributed by atoms with Crippen molar-refractivity contribution in [1.29, 1.82) is 0 Å². The molecule has 1 aromatic rings. The monoisotopic (exact) mass is 327 g/mol. The third-order valence-electron chi connectivity index (χ3n) is 6.02. The maximum absolute atomic E-state index is 12.0. The van der Waals surface area contributed by atoms with Crippen molar-refractivity contribution in [2.45, 2.75) is 58.0 Å². The average Bonchev–Trinajstić information content (AvgIpc) is 3.16. The van der Waals surface area contributed by atoms with Crippen molar-refractivity contribution in [2.24, 2.45) is 5.92 Å². The van der Waals surface area contributed by atoms with Crippen molar-refractivity contribution in [2.75, 3.05) is 29.9 Å². The number of amides is 1. The molecular weight excluding hydrogens is 298 g/mol. The van der Waals surface area contributed by atoms with E-state index in [-0.39, 0.29) is 11.8 Å². The van der Waals surface area contributed by atoms with Crippen LogP contribution in [0.5, 0.6) is 0 Å². The summed E-state index contributed by atoms with van der Waals surface area (Å²) in [5.74, 6) is 0.445. The predicted octanol–water partition coefficient (Wildman–Crippen LogP) is 3.41. The van der Waals surface area contributed by atoms with E-state index in [2.05, 4.69) is 47.2 Å². The topological polar surface area (TPSA) is 35.6 Å². The van der Waals surface area contributed by atoms with Crippen LogP contribution in [0.2, 0.25) is 0 Å². The predicted molar refractivity (Wildman–Crippen MR) is 98.6 cm³/mol. The van der Waals surface area contributed by atoms with E-state index in [1.54, 1.807) is 0 Å². The number of carbonyl (C=O) groups excluding carboxylic acids is 1. The molecule has 4 nitrogen and oxygen atoms in total. The first kappa shape index (κ1) is 15.9. The van der Waals surface area contributed by atoms with E-state index < -0.39 is 0 Å². The van der Waals surface area contributed by atoms with Gasteiger partial charge in [0.15, 0.2) is 0 Å². The quantitative estimate of drug-likeness (QED) is 0.920. The molecule has 1 saturated carbocycles. The first-order chi connectivity index (χ1) is 11.6. The Hall–Kier alpha value is -1.55. The largest absolute Gasteiger partial charge is 0.370 e. The minimum Gasteiger partial charge on any atom is -0.370 e. The van der Waals surface area contributed by atoms with Crippen LogP contribution in [-0.4, -0.2) is 42.5 Å². The number of benzene rings is 1. The molecule has 0 aromatic heterocycles. The summed E-state index contributed by atoms with van der Waals surface area (Å²) in [4.78, 5) is 17.2. The van der Waals surface area contributed by atoms with Gasteiger partial charge in [0.05, 0.1) is 0 Å². The van der Waals surface area contributed by atoms with E-state index >= 15 is 0 Å². The van der Waals surface area contributed by atoms with Crippen molar-refractivity contribution < 1.29 is 4.79 Å². The SMILES string of the molecule is Cc1cc(N2CCC(N3CCCC3C)C2)ccc1NC(=O)C1CC1. The second kappa shape index (κ2) is 6.40. The summed E-state index contributed by atoms with van der Waals surface area (Å²) in [7, 11) is 0. The Morgan fingerprint density at radius 3 is 2.67 bits per heavy atom. The van der Waals surface area contributed by atoms with Crippen molar-refractivity contribution >= 4 is 17.3 Å². The smallest absolute Gasteiger partial charge is 0.227 e. The van der Waals surface area contributed by atoms with Crippen LogP contribution >= 0.6 is 0 Å². The van der Waals surface area contributed by atoms with E-state index in [0.717, 1.165) is 37.7 Å². The Bertz CT molecular complexity index is 625. The zero-order valence-corrected chi connectivity index (χ0v) is 14.9. The highest BCUT2D eigenvalue weighted by Crippen LogP contribution is 2.32. The number of hydrogen-bond acceptors (Lipinski definition) is 3. The molecule has 3 fully saturated rings. The Balaban J connectivity index is 1.41. The minimum atomic E-state index is 0.190. The second-order valence-corrected chi connectivity index (χ2v) is 7.88. The number of aryl methyl sites for hydroxylation is 1. The van der Waals surface area contributed by atoms with Crippen LogP contribution in [0.15, 0.2) is 18.2 Å². The van der Waals surface area contributed by atoms with Gasteiger partial charge in [-0.25, -0.2) is 0 Å². The summed E-state index contributed by atoms with van der Waals surface area (Å²) >= 11 is 0. The van der Waals surface area contributed by atoms with Gasteiger partial charge in [-0.05, 0) is 76.3 Å². The molecule has 4 heteroatoms. The number of hydrogen-bond donors (Lipinski definition) is 1. The van der Waals surface area contributed by atoms with Gasteiger partial charge < -0.3 is 10.2 Å². The molecule has 1 N–H and O–H groups in total. The number of likely N-dealkylation sites (tertiary alicyclic amines) is 1. The van der Waals surface area contributed by atoms with Gasteiger partial charge in [-0.15, -0.1) is 0 Å². The minimum absolute atomic E-state index is 0.190. The van der Waals surface area contributed by atoms with Crippen LogP contribution in [0, 0.1) is 12.8 Å². The third kappa shape index (κ3) is 3.16. The molecule has 0 spiro atoms. The van der Waals surface area contributed by atoms with Crippen LogP contribution in [0.4, 0.5) is 11.4 Å². The van der Waals surface area contributed by atoms with E-state index in [9.17, 15) is 4.79 Å². The first-order valence-corrected chi connectivity index (χ1v) is 9.54. The van der Waals surface area contributed by atoms with Crippen LogP contribution in [0.25, 0.3) is 0 Å². The molecule has 2 atom stereocenters. The van der Waals surface area contributed by atoms with Crippen molar-refractivity contribution in [3.63, 3.8) is 0 Å². The average molecular weight is 327 g/mol. The van der Waals surface area contributed by atoms with Gasteiger partial charge in [-0.2, -0.15) is 0 Å². The number of anilines is 2. The van der Waals surface area contributed by atoms with Gasteiger partial charge in [0.1, 0.15) is 0 Å². The van der Waals surface area contributed by atoms with Crippen molar-refractivity contribution in [1.82, 2.24) is 4.90 Å². The van der Waals surface area contributed by atoms with Crippen LogP contribution in [0.1, 0.15) is 44.6 Å². The Kier molecular flexibility index (Phi) is 4.25. The summed E-state index contributed by atoms with van der Waals surface area (Å²) in [5, 5.41) is 3.08. The lowest BCUT2D eigenvalue weighted by Crippen LogP contribution is -2.39. The molecule has 1 amide bonds. The van der Waals surface area contributed by atoms with Crippen LogP contribution < -0.4 is 10.2 Å². The van der Waals surface area contributed by atoms with Gasteiger partial charge in [0.25, 0.3) is 0 Å². The molecule has 2 unspecified atom stereocenters. The molecule has 4 rings (SSSR count). The molecule has 0 radical (unpaired) electrons. The van der Waals surface area contributed by atoms with E-state index in [4.69, 9.17) is 0 Å². The highest BCUT2D eigenvalue weighted by atomic mass is 16.2. The fourth-order valence-corrected chi connectivity index (χ4v) is 4.31. The second-order valence-electron chi connectivity index (χ2n) is 7.88. The van der Waals surface area contributed by atoms with Gasteiger partial charge in [0.2, 0.25) is 5.91 Å². The first-order valence-electron chi connectivity index (χ1n) is 9.54. The third-order valence-corrected chi connectivity index (χ3v) is 6.02. The molecule has 2 aliphatic heterocycles. The highest BCUT2D eigenvalue weighted by molar-refractivity contribution is 5.94. The van der Waals surface area contributed by atoms with Gasteiger partial charge in [-0.3, -0.25) is 9.69 Å². The Labute approximate surface area is 145 Å². The maximum atomic E-state index is 12.0. The van der Waals surface area contributed by atoms with Gasteiger partial charge in [-0.1, -0.05) is 0 Å². The molecule has 1 aromatic carbocycles. The number of nitrogens with zero attached hydrogens (tertiary/aromatic N) is 2. The van der Waals surface area contributed by atoms with E-state index in [0.29, 0.717) is 6.04 Å². The molecule has 2 heterocycles. The van der Waals surface area contributed by atoms with Gasteiger partial charge >= 0.3 is 0 Å². The molecule has 2 saturated heterocycles. The fraction of sp³-hybridized carbons (Fsp3) is 0.650. The maximum Gasteiger partial charge on any atom is 0.227 e. The molecule has 130 valence electrons. The van der Waals surface area contributed by atoms with Crippen molar-refractivity contribution in [3.05, 3.63) is 23.8 Å². The lowest BCUT2D eigenvalue weighted by Gasteiger charge is -2.28. The van der Waals surface area contributed by atoms with E-state index in [1.807, 2.05) is 0 Å². The lowest BCUT2D eigenvalue weighted by molar-refractivity contribution is -0.117. The van der Waals surface area contributed by atoms with Crippen LogP contribution in [-0.2, 0) is 4.79 Å². The summed E-state index contributed by atoms with van der Waals surface area (Å²) in [6.07, 6.45) is 6.07. The van der Waals surface area contributed by atoms with Crippen LogP contribution in [0.3, 0.4) is 0 Å².